The maximum atomic E-state index is 13.1. The van der Waals surface area contributed by atoms with Crippen molar-refractivity contribution in [2.45, 2.75) is 30.2 Å². The summed E-state index contributed by atoms with van der Waals surface area (Å²) in [6.45, 7) is 4.29. The van der Waals surface area contributed by atoms with Crippen molar-refractivity contribution >= 4 is 28.7 Å². The number of rotatable bonds is 6. The molecule has 1 N–H and O–H groups in total. The minimum absolute atomic E-state index is 0.166. The van der Waals surface area contributed by atoms with Gasteiger partial charge in [0, 0.05) is 19.2 Å². The van der Waals surface area contributed by atoms with Crippen LogP contribution in [0.15, 0.2) is 53.7 Å². The summed E-state index contributed by atoms with van der Waals surface area (Å²) in [5, 5.41) is 0.455. The number of carbonyl (C=O) groups is 1. The van der Waals surface area contributed by atoms with Crippen molar-refractivity contribution in [2.75, 3.05) is 19.7 Å². The molecule has 0 bridgehead atoms. The lowest BCUT2D eigenvalue weighted by atomic mass is 10.1. The van der Waals surface area contributed by atoms with Gasteiger partial charge < -0.3 is 14.6 Å². The predicted molar refractivity (Wildman–Crippen MR) is 108 cm³/mol. The van der Waals surface area contributed by atoms with E-state index in [-0.39, 0.29) is 11.2 Å². The van der Waals surface area contributed by atoms with Crippen LogP contribution in [-0.4, -0.2) is 40.5 Å². The number of likely N-dealkylation sites (tertiary alicyclic amines) is 1. The lowest BCUT2D eigenvalue weighted by Gasteiger charge is -2.22. The molecule has 6 heteroatoms. The molecule has 1 fully saturated rings. The zero-order valence-corrected chi connectivity index (χ0v) is 16.2. The van der Waals surface area contributed by atoms with Crippen LogP contribution < -0.4 is 4.74 Å². The predicted octanol–water partition coefficient (Wildman–Crippen LogP) is 4.42. The largest absolute Gasteiger partial charge is 0.494 e. The molecule has 0 unspecified atom stereocenters. The molecule has 140 valence electrons. The number of hydrogen-bond acceptors (Lipinski definition) is 4. The van der Waals surface area contributed by atoms with Crippen LogP contribution in [0.2, 0.25) is 0 Å². The van der Waals surface area contributed by atoms with Crippen molar-refractivity contribution in [2.24, 2.45) is 0 Å². The van der Waals surface area contributed by atoms with Gasteiger partial charge in [-0.15, -0.1) is 0 Å². The van der Waals surface area contributed by atoms with E-state index in [1.54, 1.807) is 0 Å². The Hall–Kier alpha value is -2.47. The minimum Gasteiger partial charge on any atom is -0.494 e. The standard InChI is InChI=1S/C21H23N3O2S/c1-2-26-16-10-11-17-18(14-16)23-21(22-17)27-19(15-8-4-3-5-9-15)20(25)24-12-6-7-13-24/h3-5,8-11,14,19H,2,6-7,12-13H2,1H3,(H,22,23)/t19-/m0/s1. The first-order chi connectivity index (χ1) is 13.2. The van der Waals surface area contributed by atoms with E-state index in [9.17, 15) is 4.79 Å². The number of aromatic amines is 1. The van der Waals surface area contributed by atoms with E-state index in [2.05, 4.69) is 9.97 Å². The van der Waals surface area contributed by atoms with Gasteiger partial charge in [-0.2, -0.15) is 0 Å². The van der Waals surface area contributed by atoms with Crippen molar-refractivity contribution in [3.8, 4) is 5.75 Å². The highest BCUT2D eigenvalue weighted by Gasteiger charge is 2.29. The average molecular weight is 382 g/mol. The number of imidazole rings is 1. The van der Waals surface area contributed by atoms with E-state index in [4.69, 9.17) is 4.74 Å². The SMILES string of the molecule is CCOc1ccc2nc(S[C@H](C(=O)N3CCCC3)c3ccccc3)[nH]c2c1. The molecule has 1 amide bonds. The topological polar surface area (TPSA) is 58.2 Å². The van der Waals surface area contributed by atoms with Crippen LogP contribution in [0.1, 0.15) is 30.6 Å². The van der Waals surface area contributed by atoms with Crippen molar-refractivity contribution in [1.82, 2.24) is 14.9 Å². The Morgan fingerprint density at radius 1 is 1.22 bits per heavy atom. The van der Waals surface area contributed by atoms with E-state index >= 15 is 0 Å². The molecule has 2 aromatic carbocycles. The van der Waals surface area contributed by atoms with Gasteiger partial charge in [-0.25, -0.2) is 4.98 Å². The first-order valence-electron chi connectivity index (χ1n) is 9.37. The summed E-state index contributed by atoms with van der Waals surface area (Å²) >= 11 is 1.48. The lowest BCUT2D eigenvalue weighted by molar-refractivity contribution is -0.129. The van der Waals surface area contributed by atoms with E-state index < -0.39 is 0 Å². The number of carbonyl (C=O) groups excluding carboxylic acids is 1. The Morgan fingerprint density at radius 3 is 2.74 bits per heavy atom. The van der Waals surface area contributed by atoms with Gasteiger partial charge in [-0.3, -0.25) is 4.79 Å². The monoisotopic (exact) mass is 381 g/mol. The third kappa shape index (κ3) is 3.95. The van der Waals surface area contributed by atoms with Gasteiger partial charge in [0.15, 0.2) is 5.16 Å². The van der Waals surface area contributed by atoms with Crippen LogP contribution in [0.5, 0.6) is 5.75 Å². The van der Waals surface area contributed by atoms with Gasteiger partial charge in [0.25, 0.3) is 0 Å². The number of nitrogens with zero attached hydrogens (tertiary/aromatic N) is 2. The second-order valence-electron chi connectivity index (χ2n) is 6.59. The molecule has 3 aromatic rings. The summed E-state index contributed by atoms with van der Waals surface area (Å²) in [6.07, 6.45) is 2.17. The van der Waals surface area contributed by atoms with Crippen LogP contribution in [0.4, 0.5) is 0 Å². The van der Waals surface area contributed by atoms with Crippen LogP contribution in [0.25, 0.3) is 11.0 Å². The van der Waals surface area contributed by atoms with Crippen LogP contribution >= 0.6 is 11.8 Å². The molecule has 27 heavy (non-hydrogen) atoms. The Labute approximate surface area is 163 Å². The lowest BCUT2D eigenvalue weighted by Crippen LogP contribution is -2.31. The van der Waals surface area contributed by atoms with E-state index in [1.807, 2.05) is 60.4 Å². The number of nitrogens with one attached hydrogen (secondary N) is 1. The molecule has 0 spiro atoms. The molecule has 1 aliphatic heterocycles. The Bertz CT molecular complexity index is 920. The van der Waals surface area contributed by atoms with Crippen molar-refractivity contribution in [3.63, 3.8) is 0 Å². The normalized spacial score (nSPS) is 15.2. The Kier molecular flexibility index (Phi) is 5.34. The fourth-order valence-corrected chi connectivity index (χ4v) is 4.47. The highest BCUT2D eigenvalue weighted by atomic mass is 32.2. The van der Waals surface area contributed by atoms with Gasteiger partial charge in [0.1, 0.15) is 11.0 Å². The Morgan fingerprint density at radius 2 is 2.00 bits per heavy atom. The van der Waals surface area contributed by atoms with E-state index in [1.165, 1.54) is 11.8 Å². The summed E-state index contributed by atoms with van der Waals surface area (Å²) in [7, 11) is 0. The number of hydrogen-bond donors (Lipinski definition) is 1. The number of ether oxygens (including phenoxy) is 1. The molecule has 0 saturated carbocycles. The van der Waals surface area contributed by atoms with Crippen molar-refractivity contribution < 1.29 is 9.53 Å². The minimum atomic E-state index is -0.295. The molecular formula is C21H23N3O2S. The van der Waals surface area contributed by atoms with Gasteiger partial charge in [0.05, 0.1) is 17.6 Å². The third-order valence-electron chi connectivity index (χ3n) is 4.72. The van der Waals surface area contributed by atoms with Gasteiger partial charge >= 0.3 is 0 Å². The first-order valence-corrected chi connectivity index (χ1v) is 10.3. The van der Waals surface area contributed by atoms with Gasteiger partial charge in [-0.05, 0) is 37.5 Å². The van der Waals surface area contributed by atoms with Crippen molar-refractivity contribution in [3.05, 3.63) is 54.1 Å². The molecule has 5 nitrogen and oxygen atoms in total. The third-order valence-corrected chi connectivity index (χ3v) is 5.84. The molecule has 1 saturated heterocycles. The zero-order valence-electron chi connectivity index (χ0n) is 15.4. The molecule has 4 rings (SSSR count). The molecule has 1 aromatic heterocycles. The van der Waals surface area contributed by atoms with Gasteiger partial charge in [-0.1, -0.05) is 42.1 Å². The quantitative estimate of drug-likeness (QED) is 0.642. The van der Waals surface area contributed by atoms with Crippen LogP contribution in [0.3, 0.4) is 0 Å². The van der Waals surface area contributed by atoms with E-state index in [0.29, 0.717) is 6.61 Å². The number of fused-ring (bicyclic) bond motifs is 1. The van der Waals surface area contributed by atoms with E-state index in [0.717, 1.165) is 53.4 Å². The molecule has 0 aliphatic carbocycles. The highest BCUT2D eigenvalue weighted by molar-refractivity contribution is 8.00. The number of aromatic nitrogens is 2. The summed E-state index contributed by atoms with van der Waals surface area (Å²) in [5.74, 6) is 0.983. The number of thioether (sulfide) groups is 1. The smallest absolute Gasteiger partial charge is 0.240 e. The fourth-order valence-electron chi connectivity index (χ4n) is 3.38. The number of H-pyrrole nitrogens is 1. The Balaban J connectivity index is 1.62. The van der Waals surface area contributed by atoms with Crippen molar-refractivity contribution in [1.29, 1.82) is 0 Å². The maximum absolute atomic E-state index is 13.1. The van der Waals surface area contributed by atoms with Gasteiger partial charge in [0.2, 0.25) is 5.91 Å². The summed E-state index contributed by atoms with van der Waals surface area (Å²) in [6, 6.07) is 15.8. The number of benzene rings is 2. The summed E-state index contributed by atoms with van der Waals surface area (Å²) < 4.78 is 5.56. The maximum Gasteiger partial charge on any atom is 0.240 e. The second kappa shape index (κ2) is 8.05. The molecule has 0 radical (unpaired) electrons. The summed E-state index contributed by atoms with van der Waals surface area (Å²) in [4.78, 5) is 23.1. The molecular weight excluding hydrogens is 358 g/mol. The fraction of sp³-hybridized carbons (Fsp3) is 0.333. The highest BCUT2D eigenvalue weighted by Crippen LogP contribution is 2.37. The molecule has 1 aliphatic rings. The summed E-state index contributed by atoms with van der Waals surface area (Å²) in [5.41, 5.74) is 2.81. The average Bonchev–Trinajstić information content (AvgIpc) is 3.36. The van der Waals surface area contributed by atoms with Crippen LogP contribution in [-0.2, 0) is 4.79 Å². The zero-order chi connectivity index (χ0) is 18.6. The first kappa shape index (κ1) is 17.9. The molecule has 2 heterocycles. The number of amides is 1. The molecule has 1 atom stereocenters. The second-order valence-corrected chi connectivity index (χ2v) is 7.69. The van der Waals surface area contributed by atoms with Crippen LogP contribution in [0, 0.1) is 0 Å².